The second-order valence-electron chi connectivity index (χ2n) is 7.77. The SMILES string of the molecule is C=C(/C=C\C(=C(C)C)N(C)CCCC)c1ccc2c(c1)CC(C)(F)C2. The Kier molecular flexibility index (Phi) is 6.26. The topological polar surface area (TPSA) is 3.24 Å². The Bertz CT molecular complexity index is 690. The lowest BCUT2D eigenvalue weighted by molar-refractivity contribution is 0.205. The van der Waals surface area contributed by atoms with Gasteiger partial charge in [0, 0.05) is 32.1 Å². The highest BCUT2D eigenvalue weighted by Crippen LogP contribution is 2.34. The van der Waals surface area contributed by atoms with Gasteiger partial charge >= 0.3 is 0 Å². The summed E-state index contributed by atoms with van der Waals surface area (Å²) in [6.45, 7) is 13.5. The zero-order valence-corrected chi connectivity index (χ0v) is 16.5. The Morgan fingerprint density at radius 2 is 1.92 bits per heavy atom. The molecule has 1 aliphatic carbocycles. The molecule has 136 valence electrons. The molecule has 0 heterocycles. The molecule has 0 fully saturated rings. The number of benzene rings is 1. The summed E-state index contributed by atoms with van der Waals surface area (Å²) >= 11 is 0. The van der Waals surface area contributed by atoms with Crippen LogP contribution in [-0.4, -0.2) is 24.2 Å². The van der Waals surface area contributed by atoms with Gasteiger partial charge in [0.1, 0.15) is 5.67 Å². The molecule has 0 bridgehead atoms. The molecule has 0 spiro atoms. The fourth-order valence-corrected chi connectivity index (χ4v) is 3.49. The van der Waals surface area contributed by atoms with Crippen LogP contribution in [0.1, 0.15) is 57.2 Å². The summed E-state index contributed by atoms with van der Waals surface area (Å²) in [6.07, 6.45) is 7.64. The molecule has 0 N–H and O–H groups in total. The Labute approximate surface area is 152 Å². The van der Waals surface area contributed by atoms with Crippen molar-refractivity contribution in [1.29, 1.82) is 0 Å². The number of nitrogens with zero attached hydrogens (tertiary/aromatic N) is 1. The van der Waals surface area contributed by atoms with E-state index < -0.39 is 5.67 Å². The summed E-state index contributed by atoms with van der Waals surface area (Å²) in [5.41, 5.74) is 5.75. The van der Waals surface area contributed by atoms with Crippen LogP contribution in [0.25, 0.3) is 5.57 Å². The summed E-state index contributed by atoms with van der Waals surface area (Å²) in [7, 11) is 2.14. The molecule has 0 saturated heterocycles. The summed E-state index contributed by atoms with van der Waals surface area (Å²) in [5.74, 6) is 0. The van der Waals surface area contributed by atoms with Crippen molar-refractivity contribution < 1.29 is 4.39 Å². The molecule has 1 aliphatic rings. The van der Waals surface area contributed by atoms with Crippen molar-refractivity contribution in [3.63, 3.8) is 0 Å². The van der Waals surface area contributed by atoms with E-state index in [1.807, 2.05) is 0 Å². The standard InChI is InChI=1S/C23H32FN/c1-7-8-13-25(6)22(17(2)3)12-9-18(4)19-10-11-20-15-23(5,24)16-21(20)14-19/h9-12,14H,4,7-8,13,15-16H2,1-3,5-6H3/b12-9-. The van der Waals surface area contributed by atoms with Crippen molar-refractivity contribution in [3.8, 4) is 0 Å². The van der Waals surface area contributed by atoms with Crippen molar-refractivity contribution in [2.75, 3.05) is 13.6 Å². The molecule has 0 radical (unpaired) electrons. The highest BCUT2D eigenvalue weighted by Gasteiger charge is 2.32. The number of rotatable bonds is 7. The van der Waals surface area contributed by atoms with Gasteiger partial charge in [-0.3, -0.25) is 0 Å². The van der Waals surface area contributed by atoms with Gasteiger partial charge in [0.15, 0.2) is 0 Å². The molecule has 1 unspecified atom stereocenters. The predicted octanol–water partition coefficient (Wildman–Crippen LogP) is 6.11. The van der Waals surface area contributed by atoms with E-state index in [1.165, 1.54) is 24.1 Å². The van der Waals surface area contributed by atoms with Gasteiger partial charge in [-0.2, -0.15) is 0 Å². The van der Waals surface area contributed by atoms with Gasteiger partial charge in [-0.15, -0.1) is 0 Å². The van der Waals surface area contributed by atoms with E-state index in [-0.39, 0.29) is 0 Å². The van der Waals surface area contributed by atoms with Gasteiger partial charge in [0.2, 0.25) is 0 Å². The van der Waals surface area contributed by atoms with Gasteiger partial charge in [-0.25, -0.2) is 4.39 Å². The minimum absolute atomic E-state index is 0.506. The van der Waals surface area contributed by atoms with Crippen LogP contribution >= 0.6 is 0 Å². The van der Waals surface area contributed by atoms with Crippen LogP contribution < -0.4 is 0 Å². The van der Waals surface area contributed by atoms with Crippen LogP contribution in [-0.2, 0) is 12.8 Å². The number of fused-ring (bicyclic) bond motifs is 1. The van der Waals surface area contributed by atoms with E-state index in [0.717, 1.165) is 28.8 Å². The molecule has 0 aromatic heterocycles. The zero-order chi connectivity index (χ0) is 18.6. The van der Waals surface area contributed by atoms with Gasteiger partial charge in [0.25, 0.3) is 0 Å². The molecule has 0 saturated carbocycles. The third-order valence-corrected chi connectivity index (χ3v) is 4.91. The van der Waals surface area contributed by atoms with Crippen molar-refractivity contribution in [3.05, 3.63) is 64.9 Å². The lowest BCUT2D eigenvalue weighted by atomic mass is 10.0. The van der Waals surface area contributed by atoms with Crippen LogP contribution in [0.15, 0.2) is 48.2 Å². The van der Waals surface area contributed by atoms with E-state index in [2.05, 4.69) is 69.6 Å². The third kappa shape index (κ3) is 5.07. The van der Waals surface area contributed by atoms with Gasteiger partial charge in [-0.05, 0) is 55.5 Å². The second kappa shape index (κ2) is 8.03. The molecule has 1 aromatic carbocycles. The summed E-state index contributed by atoms with van der Waals surface area (Å²) < 4.78 is 14.2. The summed E-state index contributed by atoms with van der Waals surface area (Å²) in [4.78, 5) is 2.31. The Hall–Kier alpha value is -1.83. The number of hydrogen-bond acceptors (Lipinski definition) is 1. The molecular weight excluding hydrogens is 309 g/mol. The van der Waals surface area contributed by atoms with Gasteiger partial charge < -0.3 is 4.90 Å². The summed E-state index contributed by atoms with van der Waals surface area (Å²) in [5, 5.41) is 0. The smallest absolute Gasteiger partial charge is 0.116 e. The maximum atomic E-state index is 14.2. The fourth-order valence-electron chi connectivity index (χ4n) is 3.49. The number of halogens is 1. The zero-order valence-electron chi connectivity index (χ0n) is 16.5. The van der Waals surface area contributed by atoms with E-state index in [1.54, 1.807) is 6.92 Å². The molecule has 2 rings (SSSR count). The third-order valence-electron chi connectivity index (χ3n) is 4.91. The van der Waals surface area contributed by atoms with Crippen LogP contribution in [0.3, 0.4) is 0 Å². The van der Waals surface area contributed by atoms with E-state index in [9.17, 15) is 4.39 Å². The lowest BCUT2D eigenvalue weighted by Gasteiger charge is -2.22. The summed E-state index contributed by atoms with van der Waals surface area (Å²) in [6, 6.07) is 6.23. The van der Waals surface area contributed by atoms with E-state index in [0.29, 0.717) is 12.8 Å². The first-order chi connectivity index (χ1) is 11.7. The number of likely N-dealkylation sites (N-methyl/N-ethyl adjacent to an activating group) is 1. The monoisotopic (exact) mass is 341 g/mol. The number of hydrogen-bond donors (Lipinski definition) is 0. The van der Waals surface area contributed by atoms with Gasteiger partial charge in [-0.1, -0.05) is 49.8 Å². The Morgan fingerprint density at radius 3 is 2.56 bits per heavy atom. The minimum atomic E-state index is -1.10. The maximum absolute atomic E-state index is 14.2. The average Bonchev–Trinajstić information content (AvgIpc) is 2.85. The molecule has 25 heavy (non-hydrogen) atoms. The second-order valence-corrected chi connectivity index (χ2v) is 7.77. The molecule has 1 aromatic rings. The molecule has 1 nitrogen and oxygen atoms in total. The molecule has 1 atom stereocenters. The number of unbranched alkanes of at least 4 members (excludes halogenated alkanes) is 1. The number of allylic oxidation sites excluding steroid dienone is 4. The first kappa shape index (κ1) is 19.5. The van der Waals surface area contributed by atoms with Crippen molar-refractivity contribution >= 4 is 5.57 Å². The molecule has 2 heteroatoms. The van der Waals surface area contributed by atoms with Gasteiger partial charge in [0.05, 0.1) is 0 Å². The molecular formula is C23H32FN. The van der Waals surface area contributed by atoms with Crippen molar-refractivity contribution in [1.82, 2.24) is 4.90 Å². The minimum Gasteiger partial charge on any atom is -0.375 e. The van der Waals surface area contributed by atoms with Crippen LogP contribution in [0.4, 0.5) is 4.39 Å². The van der Waals surface area contributed by atoms with E-state index in [4.69, 9.17) is 0 Å². The average molecular weight is 342 g/mol. The normalized spacial score (nSPS) is 19.1. The van der Waals surface area contributed by atoms with Crippen LogP contribution in [0.2, 0.25) is 0 Å². The molecule has 0 aliphatic heterocycles. The van der Waals surface area contributed by atoms with Crippen molar-refractivity contribution in [2.45, 2.75) is 59.0 Å². The first-order valence-corrected chi connectivity index (χ1v) is 9.30. The Morgan fingerprint density at radius 1 is 1.24 bits per heavy atom. The highest BCUT2D eigenvalue weighted by atomic mass is 19.1. The van der Waals surface area contributed by atoms with Crippen LogP contribution in [0, 0.1) is 0 Å². The number of alkyl halides is 1. The maximum Gasteiger partial charge on any atom is 0.116 e. The fraction of sp³-hybridized carbons (Fsp3) is 0.478. The lowest BCUT2D eigenvalue weighted by Crippen LogP contribution is -2.18. The predicted molar refractivity (Wildman–Crippen MR) is 107 cm³/mol. The van der Waals surface area contributed by atoms with Crippen LogP contribution in [0.5, 0.6) is 0 Å². The molecule has 0 amide bonds. The van der Waals surface area contributed by atoms with E-state index >= 15 is 0 Å². The first-order valence-electron chi connectivity index (χ1n) is 9.30. The largest absolute Gasteiger partial charge is 0.375 e. The highest BCUT2D eigenvalue weighted by molar-refractivity contribution is 5.73. The van der Waals surface area contributed by atoms with Crippen molar-refractivity contribution in [2.24, 2.45) is 0 Å². The quantitative estimate of drug-likeness (QED) is 0.541. The Balaban J connectivity index is 2.13.